The lowest BCUT2D eigenvalue weighted by atomic mass is 10.2. The predicted molar refractivity (Wildman–Crippen MR) is 108 cm³/mol. The van der Waals surface area contributed by atoms with Gasteiger partial charge < -0.3 is 20.4 Å². The van der Waals surface area contributed by atoms with Crippen molar-refractivity contribution in [2.24, 2.45) is 0 Å². The fraction of sp³-hybridized carbons (Fsp3) is 0.0500. The quantitative estimate of drug-likeness (QED) is 0.454. The van der Waals surface area contributed by atoms with Crippen molar-refractivity contribution in [3.8, 4) is 5.69 Å². The fourth-order valence-corrected chi connectivity index (χ4v) is 2.64. The van der Waals surface area contributed by atoms with E-state index < -0.39 is 0 Å². The van der Waals surface area contributed by atoms with E-state index in [1.807, 2.05) is 0 Å². The van der Waals surface area contributed by atoms with Gasteiger partial charge in [-0.2, -0.15) is 0 Å². The molecule has 10 nitrogen and oxygen atoms in total. The van der Waals surface area contributed by atoms with E-state index in [0.29, 0.717) is 29.2 Å². The van der Waals surface area contributed by atoms with Crippen LogP contribution in [0, 0.1) is 0 Å². The zero-order valence-corrected chi connectivity index (χ0v) is 15.6. The average molecular weight is 403 g/mol. The molecular weight excluding hydrogens is 386 g/mol. The summed E-state index contributed by atoms with van der Waals surface area (Å²) in [5.74, 6) is 0.407. The second-order valence-electron chi connectivity index (χ2n) is 6.22. The van der Waals surface area contributed by atoms with Gasteiger partial charge in [0, 0.05) is 16.9 Å². The number of benzene rings is 2. The number of hydrogen-bond acceptors (Lipinski definition) is 6. The summed E-state index contributed by atoms with van der Waals surface area (Å²) in [4.78, 5) is 24.3. The monoisotopic (exact) mass is 403 g/mol. The van der Waals surface area contributed by atoms with Gasteiger partial charge in [0.2, 0.25) is 0 Å². The Morgan fingerprint density at radius 2 is 1.67 bits per heavy atom. The molecule has 4 aromatic rings. The van der Waals surface area contributed by atoms with Crippen molar-refractivity contribution in [1.29, 1.82) is 0 Å². The summed E-state index contributed by atoms with van der Waals surface area (Å²) in [6, 6.07) is 16.8. The van der Waals surface area contributed by atoms with E-state index in [9.17, 15) is 9.59 Å². The molecule has 2 aromatic heterocycles. The molecule has 0 aliphatic carbocycles. The fourth-order valence-electron chi connectivity index (χ4n) is 2.64. The third-order valence-electron chi connectivity index (χ3n) is 4.15. The normalized spacial score (nSPS) is 10.4. The van der Waals surface area contributed by atoms with Crippen LogP contribution in [0.4, 0.5) is 16.2 Å². The highest BCUT2D eigenvalue weighted by atomic mass is 16.3. The Hall–Kier alpha value is -4.47. The lowest BCUT2D eigenvalue weighted by molar-refractivity contribution is 0.102. The van der Waals surface area contributed by atoms with Crippen molar-refractivity contribution in [3.63, 3.8) is 0 Å². The third kappa shape index (κ3) is 4.68. The zero-order chi connectivity index (χ0) is 20.8. The molecule has 3 N–H and O–H groups in total. The van der Waals surface area contributed by atoms with Gasteiger partial charge >= 0.3 is 6.03 Å². The molecule has 2 heterocycles. The average Bonchev–Trinajstić information content (AvgIpc) is 3.48. The largest absolute Gasteiger partial charge is 0.467 e. The van der Waals surface area contributed by atoms with E-state index in [0.717, 1.165) is 5.69 Å². The van der Waals surface area contributed by atoms with Gasteiger partial charge in [-0.05, 0) is 71.1 Å². The van der Waals surface area contributed by atoms with Gasteiger partial charge in [-0.3, -0.25) is 4.79 Å². The Morgan fingerprint density at radius 3 is 2.30 bits per heavy atom. The number of urea groups is 1. The highest BCUT2D eigenvalue weighted by Crippen LogP contribution is 2.15. The van der Waals surface area contributed by atoms with Crippen LogP contribution >= 0.6 is 0 Å². The SMILES string of the molecule is O=C(NCc1ccco1)Nc1ccc(NC(=O)c2ccc(-n3cnnn3)cc2)cc1. The lowest BCUT2D eigenvalue weighted by Crippen LogP contribution is -2.27. The molecule has 150 valence electrons. The van der Waals surface area contributed by atoms with Crippen LogP contribution in [-0.4, -0.2) is 32.1 Å². The molecule has 3 amide bonds. The molecule has 0 unspecified atom stereocenters. The Labute approximate surface area is 170 Å². The molecule has 30 heavy (non-hydrogen) atoms. The molecule has 0 saturated carbocycles. The number of carbonyl (C=O) groups excluding carboxylic acids is 2. The molecule has 0 aliphatic heterocycles. The van der Waals surface area contributed by atoms with Crippen LogP contribution in [0.3, 0.4) is 0 Å². The van der Waals surface area contributed by atoms with Crippen LogP contribution in [0.2, 0.25) is 0 Å². The van der Waals surface area contributed by atoms with Crippen LogP contribution in [0.15, 0.2) is 77.7 Å². The topological polar surface area (TPSA) is 127 Å². The smallest absolute Gasteiger partial charge is 0.319 e. The maximum absolute atomic E-state index is 12.4. The van der Waals surface area contributed by atoms with Gasteiger partial charge in [-0.25, -0.2) is 9.48 Å². The number of aromatic nitrogens is 4. The van der Waals surface area contributed by atoms with E-state index in [1.165, 1.54) is 11.0 Å². The van der Waals surface area contributed by atoms with Gasteiger partial charge in [0.15, 0.2) is 0 Å². The van der Waals surface area contributed by atoms with Crippen molar-refractivity contribution < 1.29 is 14.0 Å². The first-order chi connectivity index (χ1) is 14.7. The van der Waals surface area contributed by atoms with Crippen LogP contribution in [0.5, 0.6) is 0 Å². The first-order valence-electron chi connectivity index (χ1n) is 8.99. The van der Waals surface area contributed by atoms with E-state index in [-0.39, 0.29) is 11.9 Å². The van der Waals surface area contributed by atoms with Gasteiger partial charge in [0.1, 0.15) is 12.1 Å². The molecule has 0 saturated heterocycles. The summed E-state index contributed by atoms with van der Waals surface area (Å²) in [6.07, 6.45) is 3.02. The van der Waals surface area contributed by atoms with Crippen LogP contribution in [0.1, 0.15) is 16.1 Å². The minimum atomic E-state index is -0.356. The molecule has 0 spiro atoms. The second kappa shape index (κ2) is 8.69. The van der Waals surface area contributed by atoms with Crippen molar-refractivity contribution >= 4 is 23.3 Å². The second-order valence-corrected chi connectivity index (χ2v) is 6.22. The molecular formula is C20H17N7O3. The van der Waals surface area contributed by atoms with Gasteiger partial charge in [-0.15, -0.1) is 5.10 Å². The summed E-state index contributed by atoms with van der Waals surface area (Å²) in [5.41, 5.74) is 2.44. The maximum Gasteiger partial charge on any atom is 0.319 e. The number of amides is 3. The minimum Gasteiger partial charge on any atom is -0.467 e. The molecule has 0 fully saturated rings. The highest BCUT2D eigenvalue weighted by Gasteiger charge is 2.08. The van der Waals surface area contributed by atoms with Crippen LogP contribution in [0.25, 0.3) is 5.69 Å². The first kappa shape index (κ1) is 18.9. The number of anilines is 2. The van der Waals surface area contributed by atoms with E-state index in [1.54, 1.807) is 66.9 Å². The van der Waals surface area contributed by atoms with Gasteiger partial charge in [0.25, 0.3) is 5.91 Å². The van der Waals surface area contributed by atoms with E-state index >= 15 is 0 Å². The van der Waals surface area contributed by atoms with Crippen molar-refractivity contribution in [2.75, 3.05) is 10.6 Å². The molecule has 4 rings (SSSR count). The molecule has 0 atom stereocenters. The minimum absolute atomic E-state index is 0.254. The van der Waals surface area contributed by atoms with Crippen molar-refractivity contribution in [1.82, 2.24) is 25.5 Å². The highest BCUT2D eigenvalue weighted by molar-refractivity contribution is 6.04. The molecule has 0 aliphatic rings. The number of furan rings is 1. The number of nitrogens with zero attached hydrogens (tertiary/aromatic N) is 4. The Kier molecular flexibility index (Phi) is 5.47. The van der Waals surface area contributed by atoms with Crippen LogP contribution < -0.4 is 16.0 Å². The Balaban J connectivity index is 1.30. The predicted octanol–water partition coefficient (Wildman–Crippen LogP) is 2.83. The lowest BCUT2D eigenvalue weighted by Gasteiger charge is -2.09. The zero-order valence-electron chi connectivity index (χ0n) is 15.6. The molecule has 0 radical (unpaired) electrons. The van der Waals surface area contributed by atoms with E-state index in [2.05, 4.69) is 31.5 Å². The molecule has 2 aromatic carbocycles. The Morgan fingerprint density at radius 1 is 0.933 bits per heavy atom. The Bertz CT molecular complexity index is 1110. The maximum atomic E-state index is 12.4. The summed E-state index contributed by atoms with van der Waals surface area (Å²) < 4.78 is 6.65. The molecule has 0 bridgehead atoms. The van der Waals surface area contributed by atoms with Crippen LogP contribution in [-0.2, 0) is 6.54 Å². The van der Waals surface area contributed by atoms with Gasteiger partial charge in [-0.1, -0.05) is 0 Å². The number of carbonyl (C=O) groups is 2. The standard InChI is InChI=1S/C20H17N7O3/c28-19(14-3-9-17(10-4-14)27-13-22-25-26-27)23-15-5-7-16(8-6-15)24-20(29)21-12-18-2-1-11-30-18/h1-11,13H,12H2,(H,23,28)(H2,21,24,29). The summed E-state index contributed by atoms with van der Waals surface area (Å²) in [5, 5.41) is 19.2. The third-order valence-corrected chi connectivity index (χ3v) is 4.15. The number of rotatable bonds is 6. The number of hydrogen-bond donors (Lipinski definition) is 3. The van der Waals surface area contributed by atoms with Crippen molar-refractivity contribution in [3.05, 3.63) is 84.6 Å². The number of tetrazole rings is 1. The molecule has 10 heteroatoms. The summed E-state index contributed by atoms with van der Waals surface area (Å²) in [6.45, 7) is 0.291. The van der Waals surface area contributed by atoms with Gasteiger partial charge in [0.05, 0.1) is 18.5 Å². The van der Waals surface area contributed by atoms with Crippen molar-refractivity contribution in [2.45, 2.75) is 6.54 Å². The summed E-state index contributed by atoms with van der Waals surface area (Å²) in [7, 11) is 0. The van der Waals surface area contributed by atoms with E-state index in [4.69, 9.17) is 4.42 Å². The summed E-state index contributed by atoms with van der Waals surface area (Å²) >= 11 is 0. The first-order valence-corrected chi connectivity index (χ1v) is 8.99. The number of nitrogens with one attached hydrogen (secondary N) is 3.